The van der Waals surface area contributed by atoms with Crippen molar-refractivity contribution in [3.8, 4) is 0 Å². The van der Waals surface area contributed by atoms with Gasteiger partial charge in [-0.05, 0) is 18.6 Å². The molecule has 0 spiro atoms. The minimum Gasteiger partial charge on any atom is -0.277 e. The van der Waals surface area contributed by atoms with E-state index in [1.807, 2.05) is 6.92 Å². The summed E-state index contributed by atoms with van der Waals surface area (Å²) in [7, 11) is -3.71. The van der Waals surface area contributed by atoms with Gasteiger partial charge >= 0.3 is 0 Å². The maximum atomic E-state index is 11.8. The van der Waals surface area contributed by atoms with Crippen molar-refractivity contribution >= 4 is 31.9 Å². The molecule has 0 aromatic heterocycles. The molecule has 0 bridgehead atoms. The van der Waals surface area contributed by atoms with Crippen LogP contribution in [-0.2, 0) is 14.8 Å². The molecule has 0 radical (unpaired) electrons. The number of hydrogen-bond donors (Lipinski definition) is 2. The molecule has 1 aromatic rings. The molecule has 0 heterocycles. The fourth-order valence-corrected chi connectivity index (χ4v) is 2.68. The largest absolute Gasteiger partial charge is 0.277 e. The first kappa shape index (κ1) is 15.1. The van der Waals surface area contributed by atoms with Crippen molar-refractivity contribution in [3.05, 3.63) is 30.3 Å². The maximum absolute atomic E-state index is 11.8. The predicted octanol–water partition coefficient (Wildman–Crippen LogP) is 1.56. The molecule has 0 aliphatic heterocycles. The van der Waals surface area contributed by atoms with Crippen LogP contribution in [0.4, 0.5) is 0 Å². The Kier molecular flexibility index (Phi) is 5.77. The molecule has 2 N–H and O–H groups in total. The molecule has 0 saturated heterocycles. The van der Waals surface area contributed by atoms with Crippen molar-refractivity contribution in [2.45, 2.75) is 29.5 Å². The summed E-state index contributed by atoms with van der Waals surface area (Å²) in [5.41, 5.74) is 2.18. The Labute approximate surface area is 115 Å². The lowest BCUT2D eigenvalue weighted by atomic mass is 10.2. The number of hydrogen-bond acceptors (Lipinski definition) is 3. The van der Waals surface area contributed by atoms with Crippen LogP contribution in [0.25, 0.3) is 0 Å². The topological polar surface area (TPSA) is 75.3 Å². The third-order valence-electron chi connectivity index (χ3n) is 2.19. The molecule has 1 amide bonds. The zero-order valence-corrected chi connectivity index (χ0v) is 12.3. The van der Waals surface area contributed by atoms with Crippen LogP contribution in [0.3, 0.4) is 0 Å². The van der Waals surface area contributed by atoms with E-state index in [0.717, 1.165) is 6.42 Å². The van der Waals surface area contributed by atoms with Crippen molar-refractivity contribution in [1.82, 2.24) is 10.3 Å². The lowest BCUT2D eigenvalue weighted by Gasteiger charge is -2.11. The monoisotopic (exact) mass is 334 g/mol. The Bertz CT molecular complexity index is 490. The van der Waals surface area contributed by atoms with Gasteiger partial charge in [0.25, 0.3) is 10.0 Å². The van der Waals surface area contributed by atoms with Gasteiger partial charge in [-0.15, -0.1) is 4.83 Å². The molecule has 100 valence electrons. The molecule has 1 unspecified atom stereocenters. The lowest BCUT2D eigenvalue weighted by Crippen LogP contribution is -2.44. The van der Waals surface area contributed by atoms with E-state index in [-0.39, 0.29) is 4.90 Å². The molecule has 0 fully saturated rings. The minimum absolute atomic E-state index is 0.104. The normalized spacial score (nSPS) is 13.0. The molecule has 1 atom stereocenters. The number of rotatable bonds is 6. The highest BCUT2D eigenvalue weighted by Gasteiger charge is 2.18. The summed E-state index contributed by atoms with van der Waals surface area (Å²) in [6, 6.07) is 7.84. The predicted molar refractivity (Wildman–Crippen MR) is 72.5 cm³/mol. The number of carbonyl (C=O) groups excluding carboxylic acids is 1. The van der Waals surface area contributed by atoms with Gasteiger partial charge < -0.3 is 0 Å². The Hall–Kier alpha value is -0.920. The van der Waals surface area contributed by atoms with Crippen molar-refractivity contribution in [1.29, 1.82) is 0 Å². The number of amides is 1. The summed E-state index contributed by atoms with van der Waals surface area (Å²) in [5.74, 6) is -0.406. The molecular formula is C11H15BrN2O3S. The second-order valence-electron chi connectivity index (χ2n) is 3.66. The van der Waals surface area contributed by atoms with E-state index in [2.05, 4.69) is 26.2 Å². The fraction of sp³-hybridized carbons (Fsp3) is 0.364. The molecule has 1 rings (SSSR count). The number of hydrazine groups is 1. The van der Waals surface area contributed by atoms with Crippen molar-refractivity contribution < 1.29 is 13.2 Å². The number of halogens is 1. The van der Waals surface area contributed by atoms with Crippen LogP contribution < -0.4 is 10.3 Å². The summed E-state index contributed by atoms with van der Waals surface area (Å²) in [6.07, 6.45) is 1.47. The van der Waals surface area contributed by atoms with Crippen LogP contribution in [-0.4, -0.2) is 19.2 Å². The third-order valence-corrected chi connectivity index (χ3v) is 4.33. The standard InChI is InChI=1S/C11H15BrN2O3S/c1-2-6-10(12)11(15)13-14-18(16,17)9-7-4-3-5-8-9/h3-5,7-8,10,14H,2,6H2,1H3,(H,13,15). The second kappa shape index (κ2) is 6.86. The van der Waals surface area contributed by atoms with Crippen LogP contribution >= 0.6 is 15.9 Å². The molecule has 18 heavy (non-hydrogen) atoms. The maximum Gasteiger partial charge on any atom is 0.257 e. The van der Waals surface area contributed by atoms with Crippen LogP contribution in [0.5, 0.6) is 0 Å². The summed E-state index contributed by atoms with van der Waals surface area (Å²) < 4.78 is 23.6. The molecule has 0 aliphatic rings. The Morgan fingerprint density at radius 1 is 1.33 bits per heavy atom. The summed E-state index contributed by atoms with van der Waals surface area (Å²) in [6.45, 7) is 1.94. The molecule has 7 heteroatoms. The quantitative estimate of drug-likeness (QED) is 0.612. The number of alkyl halides is 1. The molecular weight excluding hydrogens is 320 g/mol. The van der Waals surface area contributed by atoms with Crippen molar-refractivity contribution in [3.63, 3.8) is 0 Å². The first-order valence-electron chi connectivity index (χ1n) is 5.48. The highest BCUT2D eigenvalue weighted by atomic mass is 79.9. The molecule has 1 aromatic carbocycles. The number of sulfonamides is 1. The van der Waals surface area contributed by atoms with E-state index in [4.69, 9.17) is 0 Å². The van der Waals surface area contributed by atoms with Crippen LogP contribution in [0.1, 0.15) is 19.8 Å². The molecule has 0 saturated carbocycles. The van der Waals surface area contributed by atoms with E-state index >= 15 is 0 Å². The van der Waals surface area contributed by atoms with E-state index in [1.165, 1.54) is 12.1 Å². The van der Waals surface area contributed by atoms with E-state index in [0.29, 0.717) is 6.42 Å². The SMILES string of the molecule is CCCC(Br)C(=O)NNS(=O)(=O)c1ccccc1. The highest BCUT2D eigenvalue weighted by molar-refractivity contribution is 9.10. The van der Waals surface area contributed by atoms with Gasteiger partial charge in [0.2, 0.25) is 5.91 Å². The Morgan fingerprint density at radius 3 is 2.50 bits per heavy atom. The van der Waals surface area contributed by atoms with E-state index in [9.17, 15) is 13.2 Å². The number of nitrogens with one attached hydrogen (secondary N) is 2. The lowest BCUT2D eigenvalue weighted by molar-refractivity contribution is -0.121. The van der Waals surface area contributed by atoms with Gasteiger partial charge in [-0.3, -0.25) is 10.2 Å². The van der Waals surface area contributed by atoms with Gasteiger partial charge in [-0.1, -0.05) is 47.5 Å². The van der Waals surface area contributed by atoms with Crippen LogP contribution in [0, 0.1) is 0 Å². The zero-order valence-electron chi connectivity index (χ0n) is 9.89. The van der Waals surface area contributed by atoms with Crippen LogP contribution in [0.2, 0.25) is 0 Å². The van der Waals surface area contributed by atoms with Crippen molar-refractivity contribution in [2.75, 3.05) is 0 Å². The second-order valence-corrected chi connectivity index (χ2v) is 6.45. The number of benzene rings is 1. The van der Waals surface area contributed by atoms with Gasteiger partial charge in [-0.25, -0.2) is 8.42 Å². The smallest absolute Gasteiger partial charge is 0.257 e. The fourth-order valence-electron chi connectivity index (χ4n) is 1.24. The van der Waals surface area contributed by atoms with E-state index in [1.54, 1.807) is 18.2 Å². The summed E-state index contributed by atoms with van der Waals surface area (Å²) in [4.78, 5) is 13.3. The summed E-state index contributed by atoms with van der Waals surface area (Å²) >= 11 is 3.18. The third kappa shape index (κ3) is 4.40. The first-order chi connectivity index (χ1) is 8.47. The van der Waals surface area contributed by atoms with Crippen molar-refractivity contribution in [2.24, 2.45) is 0 Å². The van der Waals surface area contributed by atoms with Gasteiger partial charge in [0, 0.05) is 0 Å². The zero-order chi connectivity index (χ0) is 13.6. The number of carbonyl (C=O) groups is 1. The summed E-state index contributed by atoms with van der Waals surface area (Å²) in [5, 5.41) is 0. The average Bonchev–Trinajstić information content (AvgIpc) is 2.37. The van der Waals surface area contributed by atoms with Crippen LogP contribution in [0.15, 0.2) is 35.2 Å². The van der Waals surface area contributed by atoms with Gasteiger partial charge in [0.15, 0.2) is 0 Å². The molecule has 5 nitrogen and oxygen atoms in total. The first-order valence-corrected chi connectivity index (χ1v) is 7.88. The van der Waals surface area contributed by atoms with Gasteiger partial charge in [-0.2, -0.15) is 0 Å². The molecule has 0 aliphatic carbocycles. The Morgan fingerprint density at radius 2 is 1.94 bits per heavy atom. The van der Waals surface area contributed by atoms with Gasteiger partial charge in [0.1, 0.15) is 0 Å². The highest BCUT2D eigenvalue weighted by Crippen LogP contribution is 2.08. The minimum atomic E-state index is -3.71. The average molecular weight is 335 g/mol. The van der Waals surface area contributed by atoms with Gasteiger partial charge in [0.05, 0.1) is 9.72 Å². The van der Waals surface area contributed by atoms with E-state index < -0.39 is 20.8 Å². The Balaban J connectivity index is 2.61.